The first-order chi connectivity index (χ1) is 8.21. The molecular weight excluding hydrogens is 218 g/mol. The molecule has 1 rings (SSSR count). The Labute approximate surface area is 102 Å². The Balaban J connectivity index is 2.63. The number of carbonyl (C=O) groups excluding carboxylic acids is 1. The molecule has 4 heteroatoms. The largest absolute Gasteiger partial charge is 0.394 e. The number of nitrogens with one attached hydrogen (secondary N) is 1. The van der Waals surface area contributed by atoms with Crippen LogP contribution in [0, 0.1) is 0 Å². The molecule has 1 aromatic rings. The van der Waals surface area contributed by atoms with E-state index in [1.165, 1.54) is 0 Å². The third kappa shape index (κ3) is 4.17. The monoisotopic (exact) mass is 237 g/mol. The van der Waals surface area contributed by atoms with Gasteiger partial charge in [-0.2, -0.15) is 0 Å². The van der Waals surface area contributed by atoms with Gasteiger partial charge in [0.05, 0.1) is 19.3 Å². The van der Waals surface area contributed by atoms with Gasteiger partial charge in [0, 0.05) is 12.7 Å². The van der Waals surface area contributed by atoms with Gasteiger partial charge in [0.2, 0.25) is 0 Å². The SMILES string of the molecule is CC[C@@H](CO)NC(=O)c1ccc(COC)cc1. The van der Waals surface area contributed by atoms with E-state index < -0.39 is 0 Å². The van der Waals surface area contributed by atoms with Crippen LogP contribution in [0.3, 0.4) is 0 Å². The fraction of sp³-hybridized carbons (Fsp3) is 0.462. The van der Waals surface area contributed by atoms with Gasteiger partial charge in [-0.15, -0.1) is 0 Å². The molecule has 2 N–H and O–H groups in total. The predicted octanol–water partition coefficient (Wildman–Crippen LogP) is 1.33. The first kappa shape index (κ1) is 13.7. The van der Waals surface area contributed by atoms with E-state index in [-0.39, 0.29) is 18.6 Å². The number of aliphatic hydroxyl groups is 1. The molecule has 0 aliphatic carbocycles. The van der Waals surface area contributed by atoms with Crippen molar-refractivity contribution in [1.82, 2.24) is 5.32 Å². The lowest BCUT2D eigenvalue weighted by Crippen LogP contribution is -2.36. The molecular formula is C13H19NO3. The van der Waals surface area contributed by atoms with Gasteiger partial charge in [-0.3, -0.25) is 4.79 Å². The van der Waals surface area contributed by atoms with Crippen molar-refractivity contribution in [1.29, 1.82) is 0 Å². The Kier molecular flexibility index (Phi) is 5.66. The van der Waals surface area contributed by atoms with E-state index in [1.807, 2.05) is 19.1 Å². The number of methoxy groups -OCH3 is 1. The van der Waals surface area contributed by atoms with Crippen LogP contribution < -0.4 is 5.32 Å². The van der Waals surface area contributed by atoms with Crippen LogP contribution in [0.15, 0.2) is 24.3 Å². The van der Waals surface area contributed by atoms with E-state index in [9.17, 15) is 4.79 Å². The van der Waals surface area contributed by atoms with Crippen LogP contribution in [0.4, 0.5) is 0 Å². The number of carbonyl (C=O) groups is 1. The number of hydrogen-bond donors (Lipinski definition) is 2. The Morgan fingerprint density at radius 3 is 2.53 bits per heavy atom. The summed E-state index contributed by atoms with van der Waals surface area (Å²) >= 11 is 0. The second-order valence-electron chi connectivity index (χ2n) is 3.89. The standard InChI is InChI=1S/C13H19NO3/c1-3-12(8-15)14-13(16)11-6-4-10(5-7-11)9-17-2/h4-7,12,15H,3,8-9H2,1-2H3,(H,14,16)/t12-/m0/s1. The molecule has 0 fully saturated rings. The molecule has 0 saturated heterocycles. The summed E-state index contributed by atoms with van der Waals surface area (Å²) in [5.41, 5.74) is 1.62. The molecule has 0 aromatic heterocycles. The number of benzene rings is 1. The lowest BCUT2D eigenvalue weighted by molar-refractivity contribution is 0.0915. The minimum absolute atomic E-state index is 0.0377. The van der Waals surface area contributed by atoms with Crippen LogP contribution in [0.2, 0.25) is 0 Å². The summed E-state index contributed by atoms with van der Waals surface area (Å²) in [6.45, 7) is 2.42. The number of aliphatic hydroxyl groups excluding tert-OH is 1. The summed E-state index contributed by atoms with van der Waals surface area (Å²) in [4.78, 5) is 11.8. The quantitative estimate of drug-likeness (QED) is 0.784. The maximum absolute atomic E-state index is 11.8. The molecule has 1 atom stereocenters. The highest BCUT2D eigenvalue weighted by atomic mass is 16.5. The highest BCUT2D eigenvalue weighted by Gasteiger charge is 2.10. The van der Waals surface area contributed by atoms with E-state index >= 15 is 0 Å². The number of ether oxygens (including phenoxy) is 1. The van der Waals surface area contributed by atoms with Gasteiger partial charge in [0.15, 0.2) is 0 Å². The average Bonchev–Trinajstić information content (AvgIpc) is 2.37. The smallest absolute Gasteiger partial charge is 0.251 e. The molecule has 17 heavy (non-hydrogen) atoms. The zero-order valence-corrected chi connectivity index (χ0v) is 10.3. The maximum atomic E-state index is 11.8. The highest BCUT2D eigenvalue weighted by molar-refractivity contribution is 5.94. The molecule has 0 aliphatic heterocycles. The lowest BCUT2D eigenvalue weighted by Gasteiger charge is -2.14. The summed E-state index contributed by atoms with van der Waals surface area (Å²) < 4.78 is 4.99. The molecule has 0 aliphatic rings. The highest BCUT2D eigenvalue weighted by Crippen LogP contribution is 2.06. The molecule has 0 bridgehead atoms. The fourth-order valence-corrected chi connectivity index (χ4v) is 1.46. The molecule has 4 nitrogen and oxygen atoms in total. The van der Waals surface area contributed by atoms with Gasteiger partial charge in [-0.05, 0) is 24.1 Å². The second-order valence-corrected chi connectivity index (χ2v) is 3.89. The summed E-state index contributed by atoms with van der Waals surface area (Å²) in [7, 11) is 1.63. The fourth-order valence-electron chi connectivity index (χ4n) is 1.46. The van der Waals surface area contributed by atoms with Gasteiger partial charge in [0.25, 0.3) is 5.91 Å². The molecule has 94 valence electrons. The van der Waals surface area contributed by atoms with E-state index in [4.69, 9.17) is 9.84 Å². The second kappa shape index (κ2) is 7.04. The van der Waals surface area contributed by atoms with Gasteiger partial charge >= 0.3 is 0 Å². The third-order valence-corrected chi connectivity index (χ3v) is 2.58. The first-order valence-electron chi connectivity index (χ1n) is 5.70. The molecule has 1 amide bonds. The zero-order valence-electron chi connectivity index (χ0n) is 10.3. The number of hydrogen-bond acceptors (Lipinski definition) is 3. The van der Waals surface area contributed by atoms with E-state index in [2.05, 4.69) is 5.32 Å². The summed E-state index contributed by atoms with van der Waals surface area (Å²) in [6, 6.07) is 7.05. The van der Waals surface area contributed by atoms with Crippen LogP contribution in [0.25, 0.3) is 0 Å². The van der Waals surface area contributed by atoms with E-state index in [1.54, 1.807) is 19.2 Å². The van der Waals surface area contributed by atoms with E-state index in [0.717, 1.165) is 5.56 Å². The summed E-state index contributed by atoms with van der Waals surface area (Å²) in [5.74, 6) is -0.158. The molecule has 0 unspecified atom stereocenters. The Morgan fingerprint density at radius 2 is 2.06 bits per heavy atom. The molecule has 0 saturated carbocycles. The van der Waals surface area contributed by atoms with Crippen molar-refractivity contribution in [2.45, 2.75) is 26.0 Å². The van der Waals surface area contributed by atoms with Crippen molar-refractivity contribution >= 4 is 5.91 Å². The van der Waals surface area contributed by atoms with Crippen LogP contribution in [-0.4, -0.2) is 30.8 Å². The predicted molar refractivity (Wildman–Crippen MR) is 65.8 cm³/mol. The van der Waals surface area contributed by atoms with Crippen molar-refractivity contribution in [3.63, 3.8) is 0 Å². The van der Waals surface area contributed by atoms with Crippen LogP contribution in [0.5, 0.6) is 0 Å². The molecule has 0 heterocycles. The van der Waals surface area contributed by atoms with Gasteiger partial charge < -0.3 is 15.2 Å². The molecule has 1 aromatic carbocycles. The topological polar surface area (TPSA) is 58.6 Å². The van der Waals surface area contributed by atoms with Crippen LogP contribution >= 0.6 is 0 Å². The zero-order chi connectivity index (χ0) is 12.7. The van der Waals surface area contributed by atoms with Crippen molar-refractivity contribution in [2.24, 2.45) is 0 Å². The normalized spacial score (nSPS) is 12.2. The van der Waals surface area contributed by atoms with Gasteiger partial charge in [-0.1, -0.05) is 19.1 Å². The minimum Gasteiger partial charge on any atom is -0.394 e. The lowest BCUT2D eigenvalue weighted by atomic mass is 10.1. The first-order valence-corrected chi connectivity index (χ1v) is 5.70. The van der Waals surface area contributed by atoms with Crippen LogP contribution in [0.1, 0.15) is 29.3 Å². The Bertz CT molecular complexity index is 344. The van der Waals surface area contributed by atoms with Crippen molar-refractivity contribution in [3.8, 4) is 0 Å². The van der Waals surface area contributed by atoms with Crippen molar-refractivity contribution in [2.75, 3.05) is 13.7 Å². The van der Waals surface area contributed by atoms with Crippen molar-refractivity contribution in [3.05, 3.63) is 35.4 Å². The third-order valence-electron chi connectivity index (χ3n) is 2.58. The number of amides is 1. The number of rotatable bonds is 6. The Hall–Kier alpha value is -1.39. The molecule has 0 spiro atoms. The van der Waals surface area contributed by atoms with Crippen molar-refractivity contribution < 1.29 is 14.6 Å². The summed E-state index contributed by atoms with van der Waals surface area (Å²) in [5, 5.41) is 11.8. The minimum atomic E-state index is -0.179. The van der Waals surface area contributed by atoms with Crippen LogP contribution in [-0.2, 0) is 11.3 Å². The Morgan fingerprint density at radius 1 is 1.41 bits per heavy atom. The van der Waals surface area contributed by atoms with E-state index in [0.29, 0.717) is 18.6 Å². The molecule has 0 radical (unpaired) electrons. The maximum Gasteiger partial charge on any atom is 0.251 e. The van der Waals surface area contributed by atoms with Gasteiger partial charge in [-0.25, -0.2) is 0 Å². The summed E-state index contributed by atoms with van der Waals surface area (Å²) in [6.07, 6.45) is 0.712. The average molecular weight is 237 g/mol. The van der Waals surface area contributed by atoms with Gasteiger partial charge in [0.1, 0.15) is 0 Å².